The van der Waals surface area contributed by atoms with Crippen molar-refractivity contribution >= 4 is 11.8 Å². The Morgan fingerprint density at radius 3 is 2.31 bits per heavy atom. The van der Waals surface area contributed by atoms with Crippen molar-refractivity contribution in [1.82, 2.24) is 5.32 Å². The van der Waals surface area contributed by atoms with Crippen LogP contribution in [0.15, 0.2) is 114 Å². The van der Waals surface area contributed by atoms with E-state index < -0.39 is 5.97 Å². The molecule has 0 aromatic heterocycles. The number of benzene rings is 4. The fourth-order valence-corrected chi connectivity index (χ4v) is 4.16. The van der Waals surface area contributed by atoms with E-state index >= 15 is 0 Å². The van der Waals surface area contributed by atoms with E-state index in [-0.39, 0.29) is 12.6 Å². The van der Waals surface area contributed by atoms with Crippen LogP contribution in [0.1, 0.15) is 29.7 Å². The van der Waals surface area contributed by atoms with Crippen molar-refractivity contribution in [2.45, 2.75) is 19.4 Å². The van der Waals surface area contributed by atoms with E-state index in [4.69, 9.17) is 14.8 Å². The normalized spacial score (nSPS) is 12.1. The van der Waals surface area contributed by atoms with E-state index in [0.29, 0.717) is 12.3 Å². The van der Waals surface area contributed by atoms with Crippen LogP contribution in [0.5, 0.6) is 5.75 Å². The monoisotopic (exact) mass is 478 g/mol. The van der Waals surface area contributed by atoms with Crippen molar-refractivity contribution in [3.63, 3.8) is 0 Å². The first kappa shape index (κ1) is 24.7. The van der Waals surface area contributed by atoms with Crippen molar-refractivity contribution in [2.75, 3.05) is 13.2 Å². The van der Waals surface area contributed by atoms with Gasteiger partial charge in [0.1, 0.15) is 11.6 Å². The number of ether oxygens (including phenoxy) is 1. The average molecular weight is 479 g/mol. The number of aliphatic imine (C=N–C) groups is 1. The number of carboxylic acid groups (broad SMARTS) is 1. The Hall–Kier alpha value is -4.38. The van der Waals surface area contributed by atoms with Gasteiger partial charge in [-0.1, -0.05) is 97.1 Å². The lowest BCUT2D eigenvalue weighted by molar-refractivity contribution is -0.139. The highest BCUT2D eigenvalue weighted by Crippen LogP contribution is 2.28. The molecule has 0 radical (unpaired) electrons. The first-order chi connectivity index (χ1) is 17.6. The maximum absolute atomic E-state index is 10.9. The standard InChI is InChI=1S/C31H30N2O3/c1-2-32-31(33-29(24-14-7-4-8-15-24)20-23-12-5-3-6-13-23)28-19-10-9-18-27(28)25-16-11-17-26(21-25)36-22-30(34)35/h3-19,21,29H,2,20,22H2,1H3,(H,32,33)(H,34,35). The van der Waals surface area contributed by atoms with Crippen molar-refractivity contribution in [3.05, 3.63) is 126 Å². The largest absolute Gasteiger partial charge is 0.482 e. The molecule has 0 spiro atoms. The predicted molar refractivity (Wildman–Crippen MR) is 145 cm³/mol. The second-order valence-electron chi connectivity index (χ2n) is 8.38. The van der Waals surface area contributed by atoms with Gasteiger partial charge in [0.15, 0.2) is 6.61 Å². The van der Waals surface area contributed by atoms with Crippen LogP contribution < -0.4 is 10.1 Å². The SMILES string of the molecule is CCN=C(NC(Cc1ccccc1)c1ccccc1)c1ccccc1-c1cccc(OCC(=O)O)c1. The topological polar surface area (TPSA) is 70.9 Å². The summed E-state index contributed by atoms with van der Waals surface area (Å²) in [6, 6.07) is 36.5. The van der Waals surface area contributed by atoms with E-state index in [1.54, 1.807) is 6.07 Å². The van der Waals surface area contributed by atoms with Crippen LogP contribution in [-0.2, 0) is 11.2 Å². The van der Waals surface area contributed by atoms with Gasteiger partial charge >= 0.3 is 5.97 Å². The minimum absolute atomic E-state index is 0.0252. The van der Waals surface area contributed by atoms with Crippen LogP contribution in [0.2, 0.25) is 0 Å². The summed E-state index contributed by atoms with van der Waals surface area (Å²) in [6.45, 7) is 2.28. The number of hydrogen-bond acceptors (Lipinski definition) is 3. The molecule has 5 nitrogen and oxygen atoms in total. The predicted octanol–water partition coefficient (Wildman–Crippen LogP) is 6.16. The number of carbonyl (C=O) groups is 1. The Balaban J connectivity index is 1.69. The van der Waals surface area contributed by atoms with Crippen molar-refractivity contribution in [2.24, 2.45) is 4.99 Å². The molecule has 4 aromatic rings. The summed E-state index contributed by atoms with van der Waals surface area (Å²) in [5, 5.41) is 12.7. The van der Waals surface area contributed by atoms with E-state index in [9.17, 15) is 4.79 Å². The van der Waals surface area contributed by atoms with Crippen molar-refractivity contribution in [1.29, 1.82) is 0 Å². The minimum atomic E-state index is -1.01. The molecule has 0 heterocycles. The summed E-state index contributed by atoms with van der Waals surface area (Å²) >= 11 is 0. The van der Waals surface area contributed by atoms with Crippen molar-refractivity contribution in [3.8, 4) is 16.9 Å². The maximum Gasteiger partial charge on any atom is 0.341 e. The first-order valence-electron chi connectivity index (χ1n) is 12.1. The van der Waals surface area contributed by atoms with E-state index in [1.165, 1.54) is 11.1 Å². The van der Waals surface area contributed by atoms with E-state index in [1.807, 2.05) is 55.5 Å². The van der Waals surface area contributed by atoms with Gasteiger partial charge in [0.2, 0.25) is 0 Å². The van der Waals surface area contributed by atoms with Crippen LogP contribution >= 0.6 is 0 Å². The quantitative estimate of drug-likeness (QED) is 0.212. The third kappa shape index (κ3) is 6.60. The van der Waals surface area contributed by atoms with Crippen LogP contribution in [0.3, 0.4) is 0 Å². The molecule has 0 saturated heterocycles. The lowest BCUT2D eigenvalue weighted by Gasteiger charge is -2.23. The van der Waals surface area contributed by atoms with Gasteiger partial charge in [0.25, 0.3) is 0 Å². The summed E-state index contributed by atoms with van der Waals surface area (Å²) in [6.07, 6.45) is 0.814. The molecule has 4 aromatic carbocycles. The molecule has 36 heavy (non-hydrogen) atoms. The molecule has 182 valence electrons. The fraction of sp³-hybridized carbons (Fsp3) is 0.161. The highest BCUT2D eigenvalue weighted by atomic mass is 16.5. The highest BCUT2D eigenvalue weighted by molar-refractivity contribution is 6.04. The van der Waals surface area contributed by atoms with Gasteiger partial charge in [-0.3, -0.25) is 4.99 Å². The minimum Gasteiger partial charge on any atom is -0.482 e. The van der Waals surface area contributed by atoms with E-state index in [0.717, 1.165) is 28.9 Å². The van der Waals surface area contributed by atoms with Crippen molar-refractivity contribution < 1.29 is 14.6 Å². The maximum atomic E-state index is 10.9. The van der Waals surface area contributed by atoms with Gasteiger partial charge < -0.3 is 15.2 Å². The molecule has 0 aliphatic carbocycles. The van der Waals surface area contributed by atoms with Crippen LogP contribution in [-0.4, -0.2) is 30.1 Å². The van der Waals surface area contributed by atoms with Crippen LogP contribution in [0, 0.1) is 0 Å². The second-order valence-corrected chi connectivity index (χ2v) is 8.38. The molecule has 0 bridgehead atoms. The Morgan fingerprint density at radius 2 is 1.58 bits per heavy atom. The van der Waals surface area contributed by atoms with Crippen LogP contribution in [0.4, 0.5) is 0 Å². The molecule has 0 amide bonds. The number of nitrogens with one attached hydrogen (secondary N) is 1. The molecule has 5 heteroatoms. The summed E-state index contributed by atoms with van der Waals surface area (Å²) in [5.41, 5.74) is 5.32. The molecule has 0 saturated carbocycles. The number of nitrogens with zero attached hydrogens (tertiary/aromatic N) is 1. The Labute approximate surface area is 212 Å². The summed E-state index contributed by atoms with van der Waals surface area (Å²) in [5.74, 6) is 0.320. The summed E-state index contributed by atoms with van der Waals surface area (Å²) in [7, 11) is 0. The average Bonchev–Trinajstić information content (AvgIpc) is 2.92. The molecule has 1 atom stereocenters. The van der Waals surface area contributed by atoms with Gasteiger partial charge in [-0.15, -0.1) is 0 Å². The zero-order valence-corrected chi connectivity index (χ0v) is 20.3. The number of amidine groups is 1. The molecule has 0 aliphatic rings. The highest BCUT2D eigenvalue weighted by Gasteiger charge is 2.18. The third-order valence-electron chi connectivity index (χ3n) is 5.80. The lowest BCUT2D eigenvalue weighted by Crippen LogP contribution is -2.31. The molecule has 0 aliphatic heterocycles. The molecule has 2 N–H and O–H groups in total. The fourth-order valence-electron chi connectivity index (χ4n) is 4.16. The Kier molecular flexibility index (Phi) is 8.49. The molecular weight excluding hydrogens is 448 g/mol. The molecule has 0 fully saturated rings. The van der Waals surface area contributed by atoms with Crippen LogP contribution in [0.25, 0.3) is 11.1 Å². The zero-order valence-electron chi connectivity index (χ0n) is 20.3. The van der Waals surface area contributed by atoms with E-state index in [2.05, 4.69) is 59.9 Å². The lowest BCUT2D eigenvalue weighted by atomic mass is 9.96. The number of rotatable bonds is 10. The van der Waals surface area contributed by atoms with Gasteiger partial charge in [-0.2, -0.15) is 0 Å². The van der Waals surface area contributed by atoms with Gasteiger partial charge in [0, 0.05) is 12.1 Å². The molecule has 4 rings (SSSR count). The molecule has 1 unspecified atom stereocenters. The zero-order chi connectivity index (χ0) is 25.2. The van der Waals surface area contributed by atoms with Gasteiger partial charge in [-0.25, -0.2) is 4.79 Å². The summed E-state index contributed by atoms with van der Waals surface area (Å²) in [4.78, 5) is 15.8. The Morgan fingerprint density at radius 1 is 0.889 bits per heavy atom. The van der Waals surface area contributed by atoms with Gasteiger partial charge in [0.05, 0.1) is 6.04 Å². The third-order valence-corrected chi connectivity index (χ3v) is 5.80. The summed E-state index contributed by atoms with van der Waals surface area (Å²) < 4.78 is 5.42. The number of hydrogen-bond donors (Lipinski definition) is 2. The van der Waals surface area contributed by atoms with Gasteiger partial charge in [-0.05, 0) is 47.7 Å². The smallest absolute Gasteiger partial charge is 0.341 e. The second kappa shape index (κ2) is 12.4. The molecular formula is C31H30N2O3. The number of carboxylic acids is 1. The number of aliphatic carboxylic acids is 1. The Bertz CT molecular complexity index is 1300. The first-order valence-corrected chi connectivity index (χ1v) is 12.1.